The molecule has 0 spiro atoms. The van der Waals surface area contributed by atoms with Crippen LogP contribution >= 0.6 is 11.8 Å². The van der Waals surface area contributed by atoms with Gasteiger partial charge in [-0.1, -0.05) is 24.8 Å². The van der Waals surface area contributed by atoms with Crippen molar-refractivity contribution in [3.63, 3.8) is 0 Å². The third kappa shape index (κ3) is 7.45. The summed E-state index contributed by atoms with van der Waals surface area (Å²) >= 11 is 1.33. The first-order chi connectivity index (χ1) is 18.5. The number of alkyl halides is 3. The van der Waals surface area contributed by atoms with E-state index in [0.717, 1.165) is 24.3 Å². The number of benzene rings is 2. The van der Waals surface area contributed by atoms with E-state index in [0.29, 0.717) is 5.56 Å². The fraction of sp³-hybridized carbons (Fsp3) is 0.333. The van der Waals surface area contributed by atoms with Gasteiger partial charge in [-0.15, -0.1) is 11.8 Å². The van der Waals surface area contributed by atoms with Crippen LogP contribution in [-0.4, -0.2) is 49.9 Å². The minimum absolute atomic E-state index is 0.0653. The van der Waals surface area contributed by atoms with Crippen molar-refractivity contribution in [3.05, 3.63) is 95.6 Å². The number of hydrogen-bond acceptors (Lipinski definition) is 6. The van der Waals surface area contributed by atoms with Crippen molar-refractivity contribution in [2.24, 2.45) is 0 Å². The second-order valence-electron chi connectivity index (χ2n) is 8.78. The number of thioether (sulfide) groups is 1. The highest BCUT2D eigenvalue weighted by atomic mass is 32.2. The Morgan fingerprint density at radius 3 is 2.49 bits per heavy atom. The molecular weight excluding hydrogens is 541 g/mol. The number of nitrogens with zero attached hydrogens (tertiary/aromatic N) is 3. The topological polar surface area (TPSA) is 69.4 Å². The number of aliphatic hydroxyl groups is 1. The van der Waals surface area contributed by atoms with Gasteiger partial charge in [-0.05, 0) is 42.5 Å². The average Bonchev–Trinajstić information content (AvgIpc) is 3.40. The summed E-state index contributed by atoms with van der Waals surface area (Å²) in [7, 11) is 0. The third-order valence-electron chi connectivity index (χ3n) is 5.99. The lowest BCUT2D eigenvalue weighted by molar-refractivity contribution is -0.146. The first kappa shape index (κ1) is 28.8. The Bertz CT molecular complexity index is 1330. The van der Waals surface area contributed by atoms with Crippen LogP contribution in [0.3, 0.4) is 0 Å². The van der Waals surface area contributed by atoms with Crippen molar-refractivity contribution in [1.29, 1.82) is 0 Å². The van der Waals surface area contributed by atoms with E-state index >= 15 is 0 Å². The molecule has 0 radical (unpaired) electrons. The zero-order valence-corrected chi connectivity index (χ0v) is 21.4. The van der Waals surface area contributed by atoms with Crippen molar-refractivity contribution in [2.45, 2.75) is 42.0 Å². The van der Waals surface area contributed by atoms with E-state index in [1.807, 2.05) is 0 Å². The average molecular weight is 566 g/mol. The van der Waals surface area contributed by atoms with Gasteiger partial charge in [0.05, 0.1) is 30.6 Å². The molecule has 3 aromatic rings. The summed E-state index contributed by atoms with van der Waals surface area (Å²) in [5.41, 5.74) is -2.13. The molecule has 0 aliphatic carbocycles. The smallest absolute Gasteiger partial charge is 0.382 e. The molecule has 1 fully saturated rings. The summed E-state index contributed by atoms with van der Waals surface area (Å²) in [6.45, 7) is 2.15. The number of ether oxygens (including phenoxy) is 2. The van der Waals surface area contributed by atoms with Crippen molar-refractivity contribution in [1.82, 2.24) is 14.8 Å². The molecule has 12 heteroatoms. The van der Waals surface area contributed by atoms with Gasteiger partial charge in [0, 0.05) is 22.4 Å². The second-order valence-corrected chi connectivity index (χ2v) is 10.4. The van der Waals surface area contributed by atoms with Crippen LogP contribution in [0.2, 0.25) is 0 Å². The van der Waals surface area contributed by atoms with Crippen molar-refractivity contribution < 1.29 is 36.5 Å². The van der Waals surface area contributed by atoms with Crippen molar-refractivity contribution in [2.75, 3.05) is 13.2 Å². The third-order valence-corrected chi connectivity index (χ3v) is 7.45. The maximum absolute atomic E-state index is 14.7. The molecule has 0 saturated carbocycles. The van der Waals surface area contributed by atoms with Gasteiger partial charge in [-0.3, -0.25) is 0 Å². The molecule has 6 nitrogen and oxygen atoms in total. The van der Waals surface area contributed by atoms with E-state index in [-0.39, 0.29) is 30.6 Å². The molecule has 4 rings (SSSR count). The molecule has 0 bridgehead atoms. The lowest BCUT2D eigenvalue weighted by Crippen LogP contribution is -2.43. The van der Waals surface area contributed by atoms with Gasteiger partial charge in [-0.2, -0.15) is 18.3 Å². The normalized spacial score (nSPS) is 20.3. The lowest BCUT2D eigenvalue weighted by Gasteiger charge is -2.37. The molecule has 0 unspecified atom stereocenters. The quantitative estimate of drug-likeness (QED) is 0.324. The summed E-state index contributed by atoms with van der Waals surface area (Å²) in [4.78, 5) is 3.86. The predicted molar refractivity (Wildman–Crippen MR) is 134 cm³/mol. The highest BCUT2D eigenvalue weighted by Crippen LogP contribution is 2.38. The molecule has 39 heavy (non-hydrogen) atoms. The van der Waals surface area contributed by atoms with E-state index < -0.39 is 40.5 Å². The van der Waals surface area contributed by atoms with E-state index in [4.69, 9.17) is 9.47 Å². The van der Waals surface area contributed by atoms with Crippen LogP contribution < -0.4 is 0 Å². The van der Waals surface area contributed by atoms with Crippen molar-refractivity contribution in [3.8, 4) is 11.8 Å². The van der Waals surface area contributed by atoms with Crippen LogP contribution in [-0.2, 0) is 27.8 Å². The minimum Gasteiger partial charge on any atom is -0.382 e. The monoisotopic (exact) mass is 565 g/mol. The minimum atomic E-state index is -4.40. The Balaban J connectivity index is 1.34. The van der Waals surface area contributed by atoms with Crippen molar-refractivity contribution >= 4 is 11.8 Å². The Morgan fingerprint density at radius 2 is 1.87 bits per heavy atom. The van der Waals surface area contributed by atoms with Gasteiger partial charge in [0.2, 0.25) is 0 Å². The summed E-state index contributed by atoms with van der Waals surface area (Å²) in [6.07, 6.45) is 0.686. The Hall–Kier alpha value is -3.24. The molecular formula is C27H24F5N3O3S. The summed E-state index contributed by atoms with van der Waals surface area (Å²) in [6, 6.07) is 7.56. The van der Waals surface area contributed by atoms with Gasteiger partial charge in [0.15, 0.2) is 6.29 Å². The lowest BCUT2D eigenvalue weighted by atomic mass is 9.90. The van der Waals surface area contributed by atoms with Gasteiger partial charge in [-0.25, -0.2) is 18.4 Å². The highest BCUT2D eigenvalue weighted by Gasteiger charge is 2.41. The number of allylic oxidation sites excluding steroid dienone is 1. The standard InChI is InChI=1S/C27H24F5N3O3S/c1-18(26(36,15-35-17-33-16-34-35)23-11-10-21(28)12-24(23)29)39-22-13-37-25(38-14-22)5-3-2-4-19-6-8-20(9-7-19)27(30,31)32/h3,5-12,16-18,22,25,36H,13-15H2,1H3/b5-3+/t18-,22?,25?,26-/m1/s1. The molecule has 1 aromatic heterocycles. The summed E-state index contributed by atoms with van der Waals surface area (Å²) in [5.74, 6) is 3.85. The fourth-order valence-electron chi connectivity index (χ4n) is 3.92. The largest absolute Gasteiger partial charge is 0.416 e. The summed E-state index contributed by atoms with van der Waals surface area (Å²) in [5, 5.41) is 14.9. The SMILES string of the molecule is C[C@@H](SC1COC(/C=C/C#Cc2ccc(C(F)(F)F)cc2)OC1)[C@](O)(Cn1cncn1)c1ccc(F)cc1F. The number of aromatic nitrogens is 3. The predicted octanol–water partition coefficient (Wildman–Crippen LogP) is 4.93. The van der Waals surface area contributed by atoms with Crippen LogP contribution in [0, 0.1) is 23.5 Å². The highest BCUT2D eigenvalue weighted by molar-refractivity contribution is 8.00. The molecule has 206 valence electrons. The van der Waals surface area contributed by atoms with Gasteiger partial charge >= 0.3 is 6.18 Å². The fourth-order valence-corrected chi connectivity index (χ4v) is 5.24. The molecule has 1 aliphatic rings. The van der Waals surface area contributed by atoms with Crippen LogP contribution in [0.25, 0.3) is 0 Å². The zero-order chi connectivity index (χ0) is 28.0. The molecule has 1 saturated heterocycles. The Labute approximate surface area is 225 Å². The molecule has 2 atom stereocenters. The second kappa shape index (κ2) is 12.3. The van der Waals surface area contributed by atoms with Gasteiger partial charge < -0.3 is 14.6 Å². The van der Waals surface area contributed by atoms with Crippen LogP contribution in [0.15, 0.2) is 67.3 Å². The molecule has 2 heterocycles. The Kier molecular flexibility index (Phi) is 9.07. The van der Waals surface area contributed by atoms with E-state index in [1.54, 1.807) is 13.0 Å². The molecule has 0 amide bonds. The van der Waals surface area contributed by atoms with Crippen LogP contribution in [0.1, 0.15) is 23.6 Å². The van der Waals surface area contributed by atoms with E-state index in [1.165, 1.54) is 53.4 Å². The van der Waals surface area contributed by atoms with Crippen LogP contribution in [0.5, 0.6) is 0 Å². The Morgan fingerprint density at radius 1 is 1.15 bits per heavy atom. The zero-order valence-electron chi connectivity index (χ0n) is 20.6. The maximum Gasteiger partial charge on any atom is 0.416 e. The number of rotatable bonds is 7. The first-order valence-corrected chi connectivity index (χ1v) is 12.7. The molecule has 1 aliphatic heterocycles. The first-order valence-electron chi connectivity index (χ1n) is 11.8. The number of halogens is 5. The number of hydrogen-bond donors (Lipinski definition) is 1. The van der Waals surface area contributed by atoms with Gasteiger partial charge in [0.25, 0.3) is 0 Å². The van der Waals surface area contributed by atoms with E-state index in [2.05, 4.69) is 21.9 Å². The van der Waals surface area contributed by atoms with E-state index in [9.17, 15) is 27.1 Å². The summed E-state index contributed by atoms with van der Waals surface area (Å²) < 4.78 is 79.0. The van der Waals surface area contributed by atoms with Crippen LogP contribution in [0.4, 0.5) is 22.0 Å². The molecule has 1 N–H and O–H groups in total. The maximum atomic E-state index is 14.7. The van der Waals surface area contributed by atoms with Gasteiger partial charge in [0.1, 0.15) is 29.9 Å². The molecule has 2 aromatic carbocycles.